The lowest BCUT2D eigenvalue weighted by Gasteiger charge is -2.10. The molecule has 6 nitrogen and oxygen atoms in total. The zero-order chi connectivity index (χ0) is 19.6. The van der Waals surface area contributed by atoms with Gasteiger partial charge in [0.25, 0.3) is 5.91 Å². The third-order valence-corrected chi connectivity index (χ3v) is 4.02. The molecule has 0 bridgehead atoms. The fourth-order valence-corrected chi connectivity index (χ4v) is 2.65. The van der Waals surface area contributed by atoms with Crippen LogP contribution in [0.5, 0.6) is 17.2 Å². The summed E-state index contributed by atoms with van der Waals surface area (Å²) in [4.78, 5) is 12.3. The van der Waals surface area contributed by atoms with Crippen molar-refractivity contribution in [2.24, 2.45) is 5.10 Å². The first-order valence-electron chi connectivity index (χ1n) is 8.65. The number of methoxy groups -OCH3 is 1. The van der Waals surface area contributed by atoms with E-state index in [1.165, 1.54) is 7.11 Å². The van der Waals surface area contributed by atoms with Gasteiger partial charge in [0.2, 0.25) is 0 Å². The van der Waals surface area contributed by atoms with Crippen LogP contribution in [0.15, 0.2) is 46.0 Å². The minimum Gasteiger partial charge on any atom is -0.493 e. The first-order chi connectivity index (χ1) is 13.1. The van der Waals surface area contributed by atoms with E-state index in [9.17, 15) is 4.79 Å². The quantitative estimate of drug-likeness (QED) is 0.468. The molecule has 0 aromatic heterocycles. The van der Waals surface area contributed by atoms with E-state index in [-0.39, 0.29) is 5.91 Å². The number of carbonyl (C=O) groups is 1. The molecule has 0 saturated heterocycles. The highest BCUT2D eigenvalue weighted by atomic mass is 79.9. The predicted molar refractivity (Wildman–Crippen MR) is 109 cm³/mol. The van der Waals surface area contributed by atoms with E-state index in [0.29, 0.717) is 36.0 Å². The molecular formula is C20H23BrN2O4. The Morgan fingerprint density at radius 3 is 2.59 bits per heavy atom. The Morgan fingerprint density at radius 2 is 1.89 bits per heavy atom. The number of rotatable bonds is 9. The molecule has 2 aromatic carbocycles. The third kappa shape index (κ3) is 5.99. The maximum Gasteiger partial charge on any atom is 0.271 e. The molecule has 2 rings (SSSR count). The van der Waals surface area contributed by atoms with Gasteiger partial charge in [0.05, 0.1) is 26.5 Å². The molecule has 0 saturated carbocycles. The number of amides is 1. The van der Waals surface area contributed by atoms with Crippen LogP contribution in [0.2, 0.25) is 0 Å². The van der Waals surface area contributed by atoms with Crippen LogP contribution in [-0.4, -0.2) is 32.4 Å². The summed E-state index contributed by atoms with van der Waals surface area (Å²) in [6.45, 7) is 5.05. The standard InChI is InChI=1S/C20H23BrN2O4/c1-4-10-27-17-9-7-16(21)11-15(17)13-22-23-20(24)14-6-8-18(26-5-2)19(12-14)25-3/h6-9,11-13H,4-5,10H2,1-3H3,(H,23,24)/b22-13+. The smallest absolute Gasteiger partial charge is 0.271 e. The number of nitrogens with one attached hydrogen (secondary N) is 1. The lowest BCUT2D eigenvalue weighted by molar-refractivity contribution is 0.0954. The highest BCUT2D eigenvalue weighted by Gasteiger charge is 2.10. The molecule has 0 radical (unpaired) electrons. The van der Waals surface area contributed by atoms with Crippen LogP contribution in [0.25, 0.3) is 0 Å². The zero-order valence-electron chi connectivity index (χ0n) is 15.6. The maximum atomic E-state index is 12.3. The summed E-state index contributed by atoms with van der Waals surface area (Å²) in [7, 11) is 1.53. The molecule has 0 atom stereocenters. The second-order valence-corrected chi connectivity index (χ2v) is 6.44. The van der Waals surface area contributed by atoms with E-state index in [1.807, 2.05) is 32.0 Å². The maximum absolute atomic E-state index is 12.3. The normalized spacial score (nSPS) is 10.7. The average Bonchev–Trinajstić information content (AvgIpc) is 2.67. The Balaban J connectivity index is 2.10. The van der Waals surface area contributed by atoms with E-state index >= 15 is 0 Å². The molecule has 1 N–H and O–H groups in total. The van der Waals surface area contributed by atoms with E-state index < -0.39 is 0 Å². The van der Waals surface area contributed by atoms with Crippen molar-refractivity contribution in [1.29, 1.82) is 0 Å². The van der Waals surface area contributed by atoms with Gasteiger partial charge in [0, 0.05) is 15.6 Å². The van der Waals surface area contributed by atoms with Crippen LogP contribution in [0.3, 0.4) is 0 Å². The lowest BCUT2D eigenvalue weighted by atomic mass is 10.2. The topological polar surface area (TPSA) is 69.2 Å². The second kappa shape index (κ2) is 10.6. The molecule has 0 spiro atoms. The van der Waals surface area contributed by atoms with Crippen LogP contribution in [-0.2, 0) is 0 Å². The molecule has 144 valence electrons. The lowest BCUT2D eigenvalue weighted by Crippen LogP contribution is -2.17. The van der Waals surface area contributed by atoms with E-state index in [2.05, 4.69) is 26.5 Å². The average molecular weight is 435 g/mol. The summed E-state index contributed by atoms with van der Waals surface area (Å²) in [6.07, 6.45) is 2.46. The van der Waals surface area contributed by atoms with Gasteiger partial charge in [-0.3, -0.25) is 4.79 Å². The number of ether oxygens (including phenoxy) is 3. The fourth-order valence-electron chi connectivity index (χ4n) is 2.27. The largest absolute Gasteiger partial charge is 0.493 e. The molecule has 0 aliphatic carbocycles. The van der Waals surface area contributed by atoms with E-state index in [4.69, 9.17) is 14.2 Å². The molecule has 7 heteroatoms. The van der Waals surface area contributed by atoms with Crippen LogP contribution in [0.1, 0.15) is 36.2 Å². The number of benzene rings is 2. The molecular weight excluding hydrogens is 412 g/mol. The van der Waals surface area contributed by atoms with Gasteiger partial charge in [-0.2, -0.15) is 5.10 Å². The predicted octanol–water partition coefficient (Wildman–Crippen LogP) is 4.41. The van der Waals surface area contributed by atoms with Gasteiger partial charge < -0.3 is 14.2 Å². The Labute approximate surface area is 167 Å². The zero-order valence-corrected chi connectivity index (χ0v) is 17.2. The number of nitrogens with zero attached hydrogens (tertiary/aromatic N) is 1. The summed E-state index contributed by atoms with van der Waals surface area (Å²) in [5.41, 5.74) is 3.70. The third-order valence-electron chi connectivity index (χ3n) is 3.53. The van der Waals surface area contributed by atoms with Gasteiger partial charge in [-0.05, 0) is 49.7 Å². The van der Waals surface area contributed by atoms with Gasteiger partial charge in [-0.15, -0.1) is 0 Å². The van der Waals surface area contributed by atoms with E-state index in [0.717, 1.165) is 16.5 Å². The Bertz CT molecular complexity index is 809. The summed E-state index contributed by atoms with van der Waals surface area (Å²) in [6, 6.07) is 10.6. The summed E-state index contributed by atoms with van der Waals surface area (Å²) in [5.74, 6) is 1.45. The first kappa shape index (κ1) is 20.8. The minimum atomic E-state index is -0.348. The van der Waals surface area contributed by atoms with Gasteiger partial charge in [-0.1, -0.05) is 22.9 Å². The van der Waals surface area contributed by atoms with Crippen molar-refractivity contribution in [3.8, 4) is 17.2 Å². The van der Waals surface area contributed by atoms with Crippen LogP contribution in [0, 0.1) is 0 Å². The van der Waals surface area contributed by atoms with Crippen LogP contribution >= 0.6 is 15.9 Å². The molecule has 0 fully saturated rings. The number of hydrogen-bond donors (Lipinski definition) is 1. The highest BCUT2D eigenvalue weighted by Crippen LogP contribution is 2.28. The van der Waals surface area contributed by atoms with Crippen molar-refractivity contribution in [1.82, 2.24) is 5.43 Å². The molecule has 0 aliphatic rings. The minimum absolute atomic E-state index is 0.348. The highest BCUT2D eigenvalue weighted by molar-refractivity contribution is 9.10. The number of halogens is 1. The van der Waals surface area contributed by atoms with Crippen molar-refractivity contribution in [3.05, 3.63) is 52.0 Å². The number of carbonyl (C=O) groups excluding carboxylic acids is 1. The molecule has 2 aromatic rings. The molecule has 27 heavy (non-hydrogen) atoms. The van der Waals surface area contributed by atoms with E-state index in [1.54, 1.807) is 24.4 Å². The van der Waals surface area contributed by atoms with Gasteiger partial charge in [0.1, 0.15) is 5.75 Å². The van der Waals surface area contributed by atoms with Crippen molar-refractivity contribution in [2.75, 3.05) is 20.3 Å². The number of hydrogen-bond acceptors (Lipinski definition) is 5. The van der Waals surface area contributed by atoms with Crippen molar-refractivity contribution >= 4 is 28.1 Å². The fraction of sp³-hybridized carbons (Fsp3) is 0.300. The SMILES string of the molecule is CCCOc1ccc(Br)cc1/C=N/NC(=O)c1ccc(OCC)c(OC)c1. The summed E-state index contributed by atoms with van der Waals surface area (Å²) in [5, 5.41) is 4.04. The molecule has 0 unspecified atom stereocenters. The monoisotopic (exact) mass is 434 g/mol. The summed E-state index contributed by atoms with van der Waals surface area (Å²) >= 11 is 3.43. The second-order valence-electron chi connectivity index (χ2n) is 5.53. The van der Waals surface area contributed by atoms with Gasteiger partial charge in [0.15, 0.2) is 11.5 Å². The van der Waals surface area contributed by atoms with Crippen molar-refractivity contribution < 1.29 is 19.0 Å². The Morgan fingerprint density at radius 1 is 1.11 bits per heavy atom. The Hall–Kier alpha value is -2.54. The van der Waals surface area contributed by atoms with Gasteiger partial charge >= 0.3 is 0 Å². The first-order valence-corrected chi connectivity index (χ1v) is 9.44. The Kier molecular flexibility index (Phi) is 8.13. The van der Waals surface area contributed by atoms with Crippen LogP contribution < -0.4 is 19.6 Å². The molecule has 0 aliphatic heterocycles. The van der Waals surface area contributed by atoms with Gasteiger partial charge in [-0.25, -0.2) is 5.43 Å². The van der Waals surface area contributed by atoms with Crippen molar-refractivity contribution in [3.63, 3.8) is 0 Å². The summed E-state index contributed by atoms with van der Waals surface area (Å²) < 4.78 is 17.3. The van der Waals surface area contributed by atoms with Crippen LogP contribution in [0.4, 0.5) is 0 Å². The van der Waals surface area contributed by atoms with Crippen molar-refractivity contribution in [2.45, 2.75) is 20.3 Å². The number of hydrazone groups is 1. The molecule has 1 amide bonds. The molecule has 0 heterocycles.